The second-order valence-corrected chi connectivity index (χ2v) is 11.6. The van der Waals surface area contributed by atoms with E-state index >= 15 is 0 Å². The summed E-state index contributed by atoms with van der Waals surface area (Å²) >= 11 is 1.50. The van der Waals surface area contributed by atoms with Gasteiger partial charge in [0.2, 0.25) is 16.9 Å². The Morgan fingerprint density at radius 3 is 2.27 bits per heavy atom. The van der Waals surface area contributed by atoms with Gasteiger partial charge in [0.1, 0.15) is 6.07 Å². The number of para-hydroxylation sites is 2. The lowest BCUT2D eigenvalue weighted by atomic mass is 9.47. The number of anilines is 2. The van der Waals surface area contributed by atoms with Crippen molar-refractivity contribution in [3.05, 3.63) is 125 Å². The molecule has 4 aliphatic rings. The van der Waals surface area contributed by atoms with E-state index in [2.05, 4.69) is 28.6 Å². The van der Waals surface area contributed by atoms with Crippen LogP contribution in [-0.2, 0) is 15.0 Å². The Morgan fingerprint density at radius 2 is 1.54 bits per heavy atom. The van der Waals surface area contributed by atoms with E-state index in [1.807, 2.05) is 60.7 Å². The number of amides is 2. The molecule has 0 unspecified atom stereocenters. The first-order chi connectivity index (χ1) is 20.1. The van der Waals surface area contributed by atoms with Crippen LogP contribution < -0.4 is 10.3 Å². The van der Waals surface area contributed by atoms with Crippen LogP contribution in [0, 0.1) is 23.2 Å². The van der Waals surface area contributed by atoms with Gasteiger partial charge in [0.25, 0.3) is 0 Å². The SMILES string of the molecule is N#Cc1ccccc1N1C(=O)[C@@H]2C3c4ccccc4C(/C=N\Nc4nc5ccccc5s4)(c4ccccc43)[C@@H]2C1=O. The highest BCUT2D eigenvalue weighted by Gasteiger charge is 2.68. The van der Waals surface area contributed by atoms with Crippen molar-refractivity contribution in [2.45, 2.75) is 11.3 Å². The van der Waals surface area contributed by atoms with Gasteiger partial charge in [-0.1, -0.05) is 84.1 Å². The summed E-state index contributed by atoms with van der Waals surface area (Å²) in [4.78, 5) is 34.7. The maximum Gasteiger partial charge on any atom is 0.239 e. The highest BCUT2D eigenvalue weighted by Crippen LogP contribution is 2.63. The summed E-state index contributed by atoms with van der Waals surface area (Å²) in [5.74, 6) is -2.24. The Morgan fingerprint density at radius 1 is 0.878 bits per heavy atom. The topological polar surface area (TPSA) is 98.4 Å². The number of imide groups is 1. The number of nitrogens with one attached hydrogen (secondary N) is 1. The Hall–Kier alpha value is -5.13. The summed E-state index contributed by atoms with van der Waals surface area (Å²) in [6.07, 6.45) is 1.80. The number of hydrazone groups is 1. The van der Waals surface area contributed by atoms with E-state index in [9.17, 15) is 14.9 Å². The summed E-state index contributed by atoms with van der Waals surface area (Å²) < 4.78 is 1.04. The largest absolute Gasteiger partial charge is 0.274 e. The van der Waals surface area contributed by atoms with Gasteiger partial charge in [0, 0.05) is 12.1 Å². The van der Waals surface area contributed by atoms with Gasteiger partial charge in [0.15, 0.2) is 0 Å². The van der Waals surface area contributed by atoms with Crippen LogP contribution in [0.25, 0.3) is 10.2 Å². The molecule has 2 bridgehead atoms. The number of rotatable bonds is 4. The van der Waals surface area contributed by atoms with Gasteiger partial charge in [-0.05, 0) is 46.5 Å². The van der Waals surface area contributed by atoms with Crippen molar-refractivity contribution in [1.29, 1.82) is 5.26 Å². The molecule has 0 saturated carbocycles. The zero-order valence-electron chi connectivity index (χ0n) is 21.6. The van der Waals surface area contributed by atoms with Crippen LogP contribution in [0.3, 0.4) is 0 Å². The molecular formula is C33H21N5O2S. The number of hydrogen-bond donors (Lipinski definition) is 1. The maximum absolute atomic E-state index is 14.5. The molecule has 0 radical (unpaired) electrons. The summed E-state index contributed by atoms with van der Waals surface area (Å²) in [7, 11) is 0. The maximum atomic E-state index is 14.5. The van der Waals surface area contributed by atoms with Gasteiger partial charge in [-0.2, -0.15) is 10.4 Å². The number of thiazole rings is 1. The molecule has 3 aliphatic carbocycles. The molecule has 1 aliphatic heterocycles. The van der Waals surface area contributed by atoms with Gasteiger partial charge >= 0.3 is 0 Å². The van der Waals surface area contributed by atoms with E-state index in [1.165, 1.54) is 16.2 Å². The quantitative estimate of drug-likeness (QED) is 0.173. The normalized spacial score (nSPS) is 23.9. The molecule has 2 atom stereocenters. The van der Waals surface area contributed by atoms with Crippen LogP contribution in [0.5, 0.6) is 0 Å². The second kappa shape index (κ2) is 8.68. The van der Waals surface area contributed by atoms with Crippen molar-refractivity contribution in [1.82, 2.24) is 4.98 Å². The van der Waals surface area contributed by atoms with Crippen LogP contribution in [0.4, 0.5) is 10.8 Å². The lowest BCUT2D eigenvalue weighted by Crippen LogP contribution is -2.54. The molecule has 0 spiro atoms. The third-order valence-electron chi connectivity index (χ3n) is 8.67. The number of nitriles is 1. The summed E-state index contributed by atoms with van der Waals surface area (Å²) in [6.45, 7) is 0. The van der Waals surface area contributed by atoms with E-state index < -0.39 is 17.3 Å². The first kappa shape index (κ1) is 23.7. The predicted molar refractivity (Wildman–Crippen MR) is 158 cm³/mol. The van der Waals surface area contributed by atoms with Crippen molar-refractivity contribution in [2.24, 2.45) is 16.9 Å². The highest BCUT2D eigenvalue weighted by atomic mass is 32.1. The standard InChI is InChI=1S/C33H21N5O2S/c34-17-19-9-1-7-15-25(19)38-30(39)28-27-20-10-2-4-12-22(20)33(29(28)31(38)40,23-13-5-3-11-21(23)27)18-35-37-32-36-24-14-6-8-16-26(24)41-32/h1-16,18,27-29H,(H,36,37)/b35-18-/t27?,28-,29+,33?/m1/s1. The number of aromatic nitrogens is 1. The van der Waals surface area contributed by atoms with E-state index in [0.717, 1.165) is 32.5 Å². The number of carbonyl (C=O) groups excluding carboxylic acids is 2. The van der Waals surface area contributed by atoms with Crippen molar-refractivity contribution >= 4 is 50.4 Å². The first-order valence-electron chi connectivity index (χ1n) is 13.3. The fraction of sp³-hybridized carbons (Fsp3) is 0.121. The minimum Gasteiger partial charge on any atom is -0.274 e. The molecule has 2 amide bonds. The number of fused-ring (bicyclic) bond motifs is 1. The molecule has 1 fully saturated rings. The van der Waals surface area contributed by atoms with Crippen LogP contribution in [0.1, 0.15) is 33.7 Å². The average Bonchev–Trinajstić information content (AvgIpc) is 3.55. The number of benzene rings is 4. The molecule has 4 aromatic carbocycles. The lowest BCUT2D eigenvalue weighted by molar-refractivity contribution is -0.122. The van der Waals surface area contributed by atoms with E-state index in [4.69, 9.17) is 5.10 Å². The molecule has 5 aromatic rings. The van der Waals surface area contributed by atoms with Crippen LogP contribution in [0.15, 0.2) is 102 Å². The van der Waals surface area contributed by atoms with Crippen LogP contribution >= 0.6 is 11.3 Å². The van der Waals surface area contributed by atoms with Crippen molar-refractivity contribution < 1.29 is 9.59 Å². The van der Waals surface area contributed by atoms with Crippen molar-refractivity contribution in [2.75, 3.05) is 10.3 Å². The number of hydrogen-bond acceptors (Lipinski definition) is 7. The Balaban J connectivity index is 1.33. The molecule has 9 rings (SSSR count). The molecular weight excluding hydrogens is 530 g/mol. The Bertz CT molecular complexity index is 1910. The minimum atomic E-state index is -1.00. The molecule has 41 heavy (non-hydrogen) atoms. The second-order valence-electron chi connectivity index (χ2n) is 10.5. The fourth-order valence-corrected chi connectivity index (χ4v) is 7.98. The fourth-order valence-electron chi connectivity index (χ4n) is 7.16. The van der Waals surface area contributed by atoms with Crippen LogP contribution in [-0.4, -0.2) is 23.0 Å². The first-order valence-corrected chi connectivity index (χ1v) is 14.2. The van der Waals surface area contributed by atoms with Gasteiger partial charge in [-0.15, -0.1) is 0 Å². The van der Waals surface area contributed by atoms with Crippen LogP contribution in [0.2, 0.25) is 0 Å². The zero-order chi connectivity index (χ0) is 27.7. The molecule has 7 nitrogen and oxygen atoms in total. The van der Waals surface area contributed by atoms with Gasteiger partial charge in [-0.25, -0.2) is 9.88 Å². The lowest BCUT2D eigenvalue weighted by Gasteiger charge is -2.52. The third-order valence-corrected chi connectivity index (χ3v) is 9.61. The van der Waals surface area contributed by atoms with Gasteiger partial charge < -0.3 is 0 Å². The van der Waals surface area contributed by atoms with E-state index in [0.29, 0.717) is 10.8 Å². The number of nitrogens with zero attached hydrogens (tertiary/aromatic N) is 4. The average molecular weight is 552 g/mol. The molecule has 8 heteroatoms. The predicted octanol–water partition coefficient (Wildman–Crippen LogP) is 5.82. The number of carbonyl (C=O) groups is 2. The summed E-state index contributed by atoms with van der Waals surface area (Å²) in [6, 6.07) is 32.9. The van der Waals surface area contributed by atoms with Gasteiger partial charge in [-0.3, -0.25) is 15.0 Å². The Labute approximate surface area is 239 Å². The smallest absolute Gasteiger partial charge is 0.239 e. The van der Waals surface area contributed by atoms with Crippen molar-refractivity contribution in [3.8, 4) is 6.07 Å². The summed E-state index contributed by atoms with van der Waals surface area (Å²) in [5, 5.41) is 15.2. The minimum absolute atomic E-state index is 0.282. The molecule has 1 aromatic heterocycles. The molecule has 1 saturated heterocycles. The monoisotopic (exact) mass is 551 g/mol. The van der Waals surface area contributed by atoms with E-state index in [-0.39, 0.29) is 23.3 Å². The zero-order valence-corrected chi connectivity index (χ0v) is 22.4. The molecule has 1 N–H and O–H groups in total. The molecule has 196 valence electrons. The summed E-state index contributed by atoms with van der Waals surface area (Å²) in [5.41, 5.74) is 7.59. The third kappa shape index (κ3) is 3.12. The van der Waals surface area contributed by atoms with Crippen molar-refractivity contribution in [3.63, 3.8) is 0 Å². The van der Waals surface area contributed by atoms with E-state index in [1.54, 1.807) is 30.5 Å². The molecule has 2 heterocycles. The Kier molecular flexibility index (Phi) is 5.03. The highest BCUT2D eigenvalue weighted by molar-refractivity contribution is 7.22. The van der Waals surface area contributed by atoms with Gasteiger partial charge in [0.05, 0.1) is 38.7 Å².